The van der Waals surface area contributed by atoms with Gasteiger partial charge in [-0.2, -0.15) is 0 Å². The van der Waals surface area contributed by atoms with Gasteiger partial charge in [0.2, 0.25) is 0 Å². The number of ether oxygens (including phenoxy) is 2. The summed E-state index contributed by atoms with van der Waals surface area (Å²) in [6, 6.07) is 29.5. The highest BCUT2D eigenvalue weighted by atomic mass is 16.5. The van der Waals surface area contributed by atoms with Crippen LogP contribution in [0.5, 0.6) is 5.75 Å². The van der Waals surface area contributed by atoms with Crippen molar-refractivity contribution in [1.29, 1.82) is 0 Å². The van der Waals surface area contributed by atoms with Crippen LogP contribution in [0.2, 0.25) is 0 Å². The third kappa shape index (κ3) is 7.67. The van der Waals surface area contributed by atoms with Crippen molar-refractivity contribution in [1.82, 2.24) is 15.1 Å². The fourth-order valence-electron chi connectivity index (χ4n) is 7.34. The zero-order valence-corrected chi connectivity index (χ0v) is 25.5. The molecule has 0 radical (unpaired) electrons. The molecule has 0 unspecified atom stereocenters. The van der Waals surface area contributed by atoms with Gasteiger partial charge in [0.1, 0.15) is 11.9 Å². The van der Waals surface area contributed by atoms with Crippen LogP contribution in [0.15, 0.2) is 84.9 Å². The molecule has 3 aromatic rings. The molecule has 6 nitrogen and oxygen atoms in total. The van der Waals surface area contributed by atoms with E-state index in [1.54, 1.807) is 0 Å². The van der Waals surface area contributed by atoms with Crippen molar-refractivity contribution in [3.63, 3.8) is 0 Å². The molecule has 1 saturated carbocycles. The Kier molecular flexibility index (Phi) is 10.1. The zero-order valence-electron chi connectivity index (χ0n) is 25.5. The second-order valence-electron chi connectivity index (χ2n) is 12.6. The van der Waals surface area contributed by atoms with E-state index in [1.165, 1.54) is 30.4 Å². The molecule has 0 aromatic heterocycles. The summed E-state index contributed by atoms with van der Waals surface area (Å²) >= 11 is 0. The molecule has 6 heteroatoms. The summed E-state index contributed by atoms with van der Waals surface area (Å²) in [4.78, 5) is 18.5. The molecule has 0 spiro atoms. The minimum atomic E-state index is -0.00802. The zero-order chi connectivity index (χ0) is 29.3. The average molecular weight is 582 g/mol. The van der Waals surface area contributed by atoms with E-state index in [-0.39, 0.29) is 17.6 Å². The van der Waals surface area contributed by atoms with Gasteiger partial charge in [-0.25, -0.2) is 0 Å². The first-order chi connectivity index (χ1) is 21.2. The maximum absolute atomic E-state index is 13.3. The van der Waals surface area contributed by atoms with Gasteiger partial charge in [-0.3, -0.25) is 9.69 Å². The van der Waals surface area contributed by atoms with Gasteiger partial charge in [-0.05, 0) is 55.0 Å². The minimum absolute atomic E-state index is 0.00802. The molecule has 1 amide bonds. The highest BCUT2D eigenvalue weighted by Crippen LogP contribution is 2.34. The van der Waals surface area contributed by atoms with Crippen LogP contribution < -0.4 is 10.1 Å². The molecule has 43 heavy (non-hydrogen) atoms. The van der Waals surface area contributed by atoms with Gasteiger partial charge in [0.25, 0.3) is 5.91 Å². The molecular weight excluding hydrogens is 534 g/mol. The quantitative estimate of drug-likeness (QED) is 0.312. The normalized spacial score (nSPS) is 20.1. The van der Waals surface area contributed by atoms with Crippen LogP contribution in [-0.2, 0) is 4.74 Å². The average Bonchev–Trinajstić information content (AvgIpc) is 3.08. The Balaban J connectivity index is 1.02. The summed E-state index contributed by atoms with van der Waals surface area (Å²) in [5, 5.41) is 3.30. The molecule has 6 rings (SSSR count). The van der Waals surface area contributed by atoms with Gasteiger partial charge in [0.05, 0.1) is 13.2 Å². The van der Waals surface area contributed by atoms with Crippen molar-refractivity contribution >= 4 is 5.91 Å². The van der Waals surface area contributed by atoms with Crippen molar-refractivity contribution in [2.45, 2.75) is 62.5 Å². The number of amides is 1. The first-order valence-corrected chi connectivity index (χ1v) is 16.4. The molecule has 1 N–H and O–H groups in total. The fourth-order valence-corrected chi connectivity index (χ4v) is 7.34. The molecule has 0 bridgehead atoms. The largest absolute Gasteiger partial charge is 0.490 e. The van der Waals surface area contributed by atoms with Crippen molar-refractivity contribution in [2.24, 2.45) is 0 Å². The number of nitrogens with one attached hydrogen (secondary N) is 1. The van der Waals surface area contributed by atoms with Gasteiger partial charge >= 0.3 is 0 Å². The van der Waals surface area contributed by atoms with E-state index < -0.39 is 0 Å². The summed E-state index contributed by atoms with van der Waals surface area (Å²) in [5.74, 6) is 1.13. The lowest BCUT2D eigenvalue weighted by molar-refractivity contribution is -0.0361. The first-order valence-electron chi connectivity index (χ1n) is 16.4. The van der Waals surface area contributed by atoms with E-state index in [1.807, 2.05) is 24.3 Å². The summed E-state index contributed by atoms with van der Waals surface area (Å²) in [5.41, 5.74) is 3.46. The smallest absolute Gasteiger partial charge is 0.251 e. The Morgan fingerprint density at radius 1 is 0.837 bits per heavy atom. The number of carbonyl (C=O) groups excluding carboxylic acids is 1. The Morgan fingerprint density at radius 2 is 1.49 bits per heavy atom. The first kappa shape index (κ1) is 29.9. The Labute approximate surface area is 257 Å². The predicted octanol–water partition coefficient (Wildman–Crippen LogP) is 6.13. The van der Waals surface area contributed by atoms with E-state index in [9.17, 15) is 4.79 Å². The molecule has 0 atom stereocenters. The number of piperidine rings is 1. The number of likely N-dealkylation sites (tertiary alicyclic amines) is 1. The third-order valence-electron chi connectivity index (χ3n) is 9.82. The molecule has 3 aromatic carbocycles. The SMILES string of the molecule is O=C(NCC1(N2CCOCC2)CCCCC1)c1cccc(OC2CCN(CC(c3ccccc3)c3ccccc3)CC2)c1. The number of hydrogen-bond acceptors (Lipinski definition) is 5. The Hall–Kier alpha value is -3.19. The topological polar surface area (TPSA) is 54.0 Å². The number of carbonyl (C=O) groups is 1. The molecule has 3 fully saturated rings. The van der Waals surface area contributed by atoms with Crippen LogP contribution in [0.4, 0.5) is 0 Å². The van der Waals surface area contributed by atoms with E-state index in [0.29, 0.717) is 18.0 Å². The van der Waals surface area contributed by atoms with E-state index in [2.05, 4.69) is 75.8 Å². The van der Waals surface area contributed by atoms with E-state index in [0.717, 1.165) is 77.4 Å². The van der Waals surface area contributed by atoms with Crippen LogP contribution in [0.25, 0.3) is 0 Å². The highest BCUT2D eigenvalue weighted by molar-refractivity contribution is 5.94. The van der Waals surface area contributed by atoms with Crippen LogP contribution in [-0.4, -0.2) is 79.8 Å². The highest BCUT2D eigenvalue weighted by Gasteiger charge is 2.39. The molecule has 2 saturated heterocycles. The van der Waals surface area contributed by atoms with Gasteiger partial charge in [0.15, 0.2) is 0 Å². The van der Waals surface area contributed by atoms with Gasteiger partial charge < -0.3 is 19.7 Å². The van der Waals surface area contributed by atoms with Gasteiger partial charge in [-0.1, -0.05) is 86.0 Å². The van der Waals surface area contributed by atoms with Crippen molar-refractivity contribution < 1.29 is 14.3 Å². The van der Waals surface area contributed by atoms with Crippen LogP contribution in [0, 0.1) is 0 Å². The van der Waals surface area contributed by atoms with Crippen molar-refractivity contribution in [3.8, 4) is 5.75 Å². The minimum Gasteiger partial charge on any atom is -0.490 e. The van der Waals surface area contributed by atoms with Crippen LogP contribution >= 0.6 is 0 Å². The van der Waals surface area contributed by atoms with Crippen molar-refractivity contribution in [2.75, 3.05) is 52.5 Å². The molecule has 228 valence electrons. The number of nitrogens with zero attached hydrogens (tertiary/aromatic N) is 2. The molecular formula is C37H47N3O3. The maximum Gasteiger partial charge on any atom is 0.251 e. The monoisotopic (exact) mass is 581 g/mol. The third-order valence-corrected chi connectivity index (χ3v) is 9.82. The Morgan fingerprint density at radius 3 is 2.14 bits per heavy atom. The van der Waals surface area contributed by atoms with Gasteiger partial charge in [0, 0.05) is 56.3 Å². The molecule has 3 aliphatic rings. The number of benzene rings is 3. The van der Waals surface area contributed by atoms with Crippen LogP contribution in [0.3, 0.4) is 0 Å². The number of hydrogen-bond donors (Lipinski definition) is 1. The van der Waals surface area contributed by atoms with Gasteiger partial charge in [-0.15, -0.1) is 0 Å². The Bertz CT molecular complexity index is 1240. The van der Waals surface area contributed by atoms with E-state index in [4.69, 9.17) is 9.47 Å². The van der Waals surface area contributed by atoms with E-state index >= 15 is 0 Å². The fraction of sp³-hybridized carbons (Fsp3) is 0.486. The lowest BCUT2D eigenvalue weighted by Gasteiger charge is -2.48. The van der Waals surface area contributed by atoms with Crippen LogP contribution in [0.1, 0.15) is 72.3 Å². The maximum atomic E-state index is 13.3. The predicted molar refractivity (Wildman–Crippen MR) is 172 cm³/mol. The molecule has 2 aliphatic heterocycles. The lowest BCUT2D eigenvalue weighted by Crippen LogP contribution is -2.59. The summed E-state index contributed by atoms with van der Waals surface area (Å²) in [6.45, 7) is 7.19. The standard InChI is InChI=1S/C37H47N3O3/c41-36(38-29-37(19-8-3-9-20-37)40-23-25-42-26-24-40)32-15-10-16-34(27-32)43-33-17-21-39(22-18-33)28-35(30-11-4-1-5-12-30)31-13-6-2-7-14-31/h1-2,4-7,10-16,27,33,35H,3,8-9,17-26,28-29H2,(H,38,41). The molecule has 1 aliphatic carbocycles. The summed E-state index contributed by atoms with van der Waals surface area (Å²) in [6.07, 6.45) is 8.17. The van der Waals surface area contributed by atoms with Crippen molar-refractivity contribution in [3.05, 3.63) is 102 Å². The lowest BCUT2D eigenvalue weighted by atomic mass is 9.79. The number of morpholine rings is 1. The molecule has 2 heterocycles. The summed E-state index contributed by atoms with van der Waals surface area (Å²) < 4.78 is 12.1. The second-order valence-corrected chi connectivity index (χ2v) is 12.6. The summed E-state index contributed by atoms with van der Waals surface area (Å²) in [7, 11) is 0. The second kappa shape index (κ2) is 14.5. The number of rotatable bonds is 10.